The van der Waals surface area contributed by atoms with Crippen LogP contribution in [-0.2, 0) is 22.0 Å². The van der Waals surface area contributed by atoms with E-state index < -0.39 is 5.82 Å². The fourth-order valence-corrected chi connectivity index (χ4v) is 2.96. The number of hydrogen-bond acceptors (Lipinski definition) is 8. The lowest BCUT2D eigenvalue weighted by molar-refractivity contribution is -0.123. The lowest BCUT2D eigenvalue weighted by atomic mass is 10.1. The van der Waals surface area contributed by atoms with Gasteiger partial charge in [-0.25, -0.2) is 14.4 Å². The number of aryl methyl sites for hydroxylation is 1. The minimum absolute atomic E-state index is 0.179. The predicted molar refractivity (Wildman–Crippen MR) is 114 cm³/mol. The van der Waals surface area contributed by atoms with Crippen molar-refractivity contribution in [2.75, 3.05) is 32.2 Å². The number of anilines is 2. The Bertz CT molecular complexity index is 1080. The minimum Gasteiger partial charge on any atom is -0.481 e. The monoisotopic (exact) mass is 429 g/mol. The van der Waals surface area contributed by atoms with Gasteiger partial charge in [-0.15, -0.1) is 0 Å². The van der Waals surface area contributed by atoms with E-state index in [0.29, 0.717) is 35.9 Å². The van der Waals surface area contributed by atoms with E-state index in [9.17, 15) is 9.18 Å². The van der Waals surface area contributed by atoms with Crippen LogP contribution in [-0.4, -0.2) is 42.7 Å². The van der Waals surface area contributed by atoms with Crippen LogP contribution < -0.4 is 15.4 Å². The first-order chi connectivity index (χ1) is 14.5. The molecule has 0 aliphatic heterocycles. The molecule has 2 aromatic carbocycles. The van der Waals surface area contributed by atoms with Gasteiger partial charge in [0.2, 0.25) is 0 Å². The van der Waals surface area contributed by atoms with Crippen molar-refractivity contribution in [2.45, 2.75) is 6.92 Å². The molecule has 1 aromatic heterocycles. The maximum Gasteiger partial charge on any atom is 0.258 e. The predicted octanol–water partition coefficient (Wildman–Crippen LogP) is 3.32. The van der Waals surface area contributed by atoms with Gasteiger partial charge in [0.1, 0.15) is 23.7 Å². The smallest absolute Gasteiger partial charge is 0.258 e. The summed E-state index contributed by atoms with van der Waals surface area (Å²) in [6.07, 6.45) is 1.41. The quantitative estimate of drug-likeness (QED) is 0.504. The molecule has 8 nitrogen and oxygen atoms in total. The van der Waals surface area contributed by atoms with Gasteiger partial charge < -0.3 is 20.1 Å². The van der Waals surface area contributed by atoms with Crippen molar-refractivity contribution in [1.29, 1.82) is 0 Å². The van der Waals surface area contributed by atoms with Gasteiger partial charge in [0, 0.05) is 37.5 Å². The van der Waals surface area contributed by atoms with Gasteiger partial charge in [-0.05, 0) is 36.8 Å². The van der Waals surface area contributed by atoms with E-state index >= 15 is 0 Å². The topological polar surface area (TPSA) is 97.7 Å². The third-order valence-electron chi connectivity index (χ3n) is 4.21. The van der Waals surface area contributed by atoms with Gasteiger partial charge in [-0.2, -0.15) is 4.36 Å². The number of carbonyl (C=O) groups excluding carboxylic acids is 1. The first-order valence-corrected chi connectivity index (χ1v) is 9.42. The highest BCUT2D eigenvalue weighted by Gasteiger charge is 2.13. The van der Waals surface area contributed by atoms with Crippen LogP contribution in [0.1, 0.15) is 5.56 Å². The number of carbonyl (C=O) groups is 1. The lowest BCUT2D eigenvalue weighted by Gasteiger charge is -2.15. The Balaban J connectivity index is 1.85. The van der Waals surface area contributed by atoms with Crippen LogP contribution in [0.2, 0.25) is 0 Å². The zero-order chi connectivity index (χ0) is 21.5. The highest BCUT2D eigenvalue weighted by Crippen LogP contribution is 2.33. The summed E-state index contributed by atoms with van der Waals surface area (Å²) < 4.78 is 28.0. The molecule has 0 atom stereocenters. The Morgan fingerprint density at radius 2 is 2.10 bits per heavy atom. The number of amides is 1. The molecule has 0 radical (unpaired) electrons. The van der Waals surface area contributed by atoms with Crippen molar-refractivity contribution >= 4 is 46.4 Å². The number of nitrogens with one attached hydrogen (secondary N) is 2. The first kappa shape index (κ1) is 21.5. The molecule has 3 aromatic rings. The van der Waals surface area contributed by atoms with Crippen LogP contribution in [0.25, 0.3) is 10.9 Å². The maximum absolute atomic E-state index is 13.8. The van der Waals surface area contributed by atoms with Crippen molar-refractivity contribution < 1.29 is 18.7 Å². The third kappa shape index (κ3) is 5.22. The van der Waals surface area contributed by atoms with E-state index in [1.165, 1.54) is 24.5 Å². The average molecular weight is 429 g/mol. The molecule has 2 N–H and O–H groups in total. The summed E-state index contributed by atoms with van der Waals surface area (Å²) in [6.45, 7) is 2.37. The SMILES string of the molecule is COCCNC(=O)COc1cc(F)ccc1Nc1ncnc2cc(N=S)cc(C)c12. The van der Waals surface area contributed by atoms with Crippen LogP contribution in [0.5, 0.6) is 5.75 Å². The van der Waals surface area contributed by atoms with Gasteiger partial charge in [-0.3, -0.25) is 4.79 Å². The Hall–Kier alpha value is -3.24. The van der Waals surface area contributed by atoms with Crippen molar-refractivity contribution in [3.63, 3.8) is 0 Å². The van der Waals surface area contributed by atoms with Crippen LogP contribution >= 0.6 is 0 Å². The van der Waals surface area contributed by atoms with E-state index in [1.807, 2.05) is 13.0 Å². The number of methoxy groups -OCH3 is 1. The number of aromatic nitrogens is 2. The molecule has 0 saturated carbocycles. The summed E-state index contributed by atoms with van der Waals surface area (Å²) in [4.78, 5) is 20.5. The molecule has 30 heavy (non-hydrogen) atoms. The van der Waals surface area contributed by atoms with Crippen molar-refractivity contribution in [3.05, 3.63) is 48.0 Å². The fourth-order valence-electron chi connectivity index (χ4n) is 2.85. The molecular formula is C20H20FN5O3S. The normalized spacial score (nSPS) is 10.6. The summed E-state index contributed by atoms with van der Waals surface area (Å²) >= 11 is 4.77. The molecule has 156 valence electrons. The van der Waals surface area contributed by atoms with Gasteiger partial charge in [0.05, 0.1) is 23.5 Å². The highest BCUT2D eigenvalue weighted by molar-refractivity contribution is 7.47. The summed E-state index contributed by atoms with van der Waals surface area (Å²) in [7, 11) is 1.54. The van der Waals surface area contributed by atoms with Crippen molar-refractivity contribution in [1.82, 2.24) is 15.3 Å². The number of fused-ring (bicyclic) bond motifs is 1. The Labute approximate surface area is 178 Å². The minimum atomic E-state index is -0.490. The van der Waals surface area contributed by atoms with Crippen LogP contribution in [0, 0.1) is 12.7 Å². The molecule has 0 bridgehead atoms. The summed E-state index contributed by atoms with van der Waals surface area (Å²) in [5.41, 5.74) is 2.63. The molecule has 0 aliphatic carbocycles. The molecule has 0 saturated heterocycles. The van der Waals surface area contributed by atoms with Gasteiger partial charge in [0.25, 0.3) is 5.91 Å². The van der Waals surface area contributed by atoms with E-state index in [-0.39, 0.29) is 18.3 Å². The Kier molecular flexibility index (Phi) is 7.15. The molecule has 1 amide bonds. The van der Waals surface area contributed by atoms with E-state index in [2.05, 4.69) is 25.0 Å². The zero-order valence-electron chi connectivity index (χ0n) is 16.4. The number of benzene rings is 2. The zero-order valence-corrected chi connectivity index (χ0v) is 17.3. The van der Waals surface area contributed by atoms with Crippen LogP contribution in [0.3, 0.4) is 0 Å². The number of rotatable bonds is 9. The summed E-state index contributed by atoms with van der Waals surface area (Å²) in [5.74, 6) is -0.144. The highest BCUT2D eigenvalue weighted by atomic mass is 32.1. The molecule has 10 heteroatoms. The third-order valence-corrected chi connectivity index (χ3v) is 4.42. The molecule has 0 fully saturated rings. The molecule has 0 aliphatic rings. The molecule has 3 rings (SSSR count). The van der Waals surface area contributed by atoms with Gasteiger partial charge in [0.15, 0.2) is 6.61 Å². The second-order valence-corrected chi connectivity index (χ2v) is 6.55. The summed E-state index contributed by atoms with van der Waals surface area (Å²) in [6, 6.07) is 7.60. The second kappa shape index (κ2) is 9.99. The number of halogens is 1. The number of hydrogen-bond donors (Lipinski definition) is 2. The van der Waals surface area contributed by atoms with E-state index in [4.69, 9.17) is 21.9 Å². The summed E-state index contributed by atoms with van der Waals surface area (Å²) in [5, 5.41) is 6.56. The Morgan fingerprint density at radius 3 is 2.87 bits per heavy atom. The largest absolute Gasteiger partial charge is 0.481 e. The fraction of sp³-hybridized carbons (Fsp3) is 0.250. The maximum atomic E-state index is 13.8. The van der Waals surface area contributed by atoms with E-state index in [1.54, 1.807) is 13.2 Å². The Morgan fingerprint density at radius 1 is 1.27 bits per heavy atom. The molecule has 0 spiro atoms. The van der Waals surface area contributed by atoms with Crippen molar-refractivity contribution in [2.24, 2.45) is 4.36 Å². The first-order valence-electron chi connectivity index (χ1n) is 9.05. The van der Waals surface area contributed by atoms with Crippen LogP contribution in [0.15, 0.2) is 41.0 Å². The molecule has 1 heterocycles. The molecule has 0 unspecified atom stereocenters. The lowest BCUT2D eigenvalue weighted by Crippen LogP contribution is -2.31. The number of ether oxygens (including phenoxy) is 2. The van der Waals surface area contributed by atoms with Gasteiger partial charge >= 0.3 is 0 Å². The standard InChI is InChI=1S/C20H20FN5O3S/c1-12-7-14(26-30)9-16-19(12)20(24-11-23-16)25-15-4-3-13(21)8-17(15)29-10-18(27)22-5-6-28-2/h3-4,7-9,11H,5-6,10H2,1-2H3,(H,22,27)(H,23,24,25). The van der Waals surface area contributed by atoms with Gasteiger partial charge in [-0.1, -0.05) is 0 Å². The van der Waals surface area contributed by atoms with Crippen molar-refractivity contribution in [3.8, 4) is 5.75 Å². The number of nitrogens with zero attached hydrogens (tertiary/aromatic N) is 3. The van der Waals surface area contributed by atoms with E-state index in [0.717, 1.165) is 10.9 Å². The van der Waals surface area contributed by atoms with Crippen LogP contribution in [0.4, 0.5) is 21.6 Å². The second-order valence-electron chi connectivity index (χ2n) is 6.37. The average Bonchev–Trinajstić information content (AvgIpc) is 2.73. The molecular weight excluding hydrogens is 409 g/mol.